The predicted octanol–water partition coefficient (Wildman–Crippen LogP) is 4.05. The van der Waals surface area contributed by atoms with Crippen molar-refractivity contribution in [1.29, 1.82) is 0 Å². The van der Waals surface area contributed by atoms with Crippen molar-refractivity contribution in [2.24, 2.45) is 0 Å². The molecule has 0 saturated heterocycles. The van der Waals surface area contributed by atoms with Crippen LogP contribution in [-0.2, 0) is 12.4 Å². The van der Waals surface area contributed by atoms with Crippen LogP contribution in [0.3, 0.4) is 0 Å². The summed E-state index contributed by atoms with van der Waals surface area (Å²) in [5, 5.41) is 3.37. The van der Waals surface area contributed by atoms with Crippen LogP contribution in [0.1, 0.15) is 11.1 Å². The van der Waals surface area contributed by atoms with Crippen LogP contribution in [-0.4, -0.2) is 7.11 Å². The van der Waals surface area contributed by atoms with E-state index in [0.717, 1.165) is 23.5 Å². The zero-order valence-corrected chi connectivity index (χ0v) is 11.1. The maximum Gasteiger partial charge on any atom is 0.118 e. The maximum atomic E-state index is 5.75. The number of halogens is 1. The van der Waals surface area contributed by atoms with Crippen LogP contribution >= 0.6 is 11.6 Å². The molecule has 2 nitrogen and oxygen atoms in total. The Morgan fingerprint density at radius 1 is 0.944 bits per heavy atom. The molecule has 2 rings (SSSR count). The molecule has 0 amide bonds. The number of hydrogen-bond donors (Lipinski definition) is 1. The van der Waals surface area contributed by atoms with E-state index in [0.29, 0.717) is 5.88 Å². The lowest BCUT2D eigenvalue weighted by Crippen LogP contribution is -1.99. The zero-order valence-electron chi connectivity index (χ0n) is 10.3. The Morgan fingerprint density at radius 3 is 2.11 bits per heavy atom. The summed E-state index contributed by atoms with van der Waals surface area (Å²) in [6.45, 7) is 0.796. The van der Waals surface area contributed by atoms with Crippen LogP contribution in [0.5, 0.6) is 5.75 Å². The SMILES string of the molecule is COc1ccc(CNc2ccc(CCl)cc2)cc1. The van der Waals surface area contributed by atoms with E-state index >= 15 is 0 Å². The van der Waals surface area contributed by atoms with Gasteiger partial charge in [-0.2, -0.15) is 0 Å². The topological polar surface area (TPSA) is 21.3 Å². The number of ether oxygens (including phenoxy) is 1. The van der Waals surface area contributed by atoms with E-state index < -0.39 is 0 Å². The third kappa shape index (κ3) is 3.41. The molecular weight excluding hydrogens is 246 g/mol. The highest BCUT2D eigenvalue weighted by atomic mass is 35.5. The van der Waals surface area contributed by atoms with Crippen LogP contribution < -0.4 is 10.1 Å². The number of nitrogens with one attached hydrogen (secondary N) is 1. The molecule has 0 spiro atoms. The Balaban J connectivity index is 1.93. The Hall–Kier alpha value is -1.67. The fourth-order valence-corrected chi connectivity index (χ4v) is 1.84. The van der Waals surface area contributed by atoms with E-state index in [9.17, 15) is 0 Å². The van der Waals surface area contributed by atoms with Gasteiger partial charge < -0.3 is 10.1 Å². The first-order chi connectivity index (χ1) is 8.81. The lowest BCUT2D eigenvalue weighted by atomic mass is 10.2. The van der Waals surface area contributed by atoms with E-state index in [1.165, 1.54) is 5.56 Å². The van der Waals surface area contributed by atoms with Crippen molar-refractivity contribution in [3.63, 3.8) is 0 Å². The number of anilines is 1. The van der Waals surface area contributed by atoms with Crippen molar-refractivity contribution in [1.82, 2.24) is 0 Å². The molecule has 0 radical (unpaired) electrons. The number of rotatable bonds is 5. The average Bonchev–Trinajstić information content (AvgIpc) is 2.46. The smallest absolute Gasteiger partial charge is 0.118 e. The Morgan fingerprint density at radius 2 is 1.56 bits per heavy atom. The van der Waals surface area contributed by atoms with E-state index in [2.05, 4.69) is 17.4 Å². The molecule has 0 fully saturated rings. The van der Waals surface area contributed by atoms with E-state index in [1.807, 2.05) is 36.4 Å². The molecule has 0 aliphatic rings. The van der Waals surface area contributed by atoms with Crippen LogP contribution in [0.15, 0.2) is 48.5 Å². The van der Waals surface area contributed by atoms with Gasteiger partial charge in [-0.3, -0.25) is 0 Å². The summed E-state index contributed by atoms with van der Waals surface area (Å²) in [6, 6.07) is 16.2. The van der Waals surface area contributed by atoms with Crippen LogP contribution in [0.25, 0.3) is 0 Å². The fourth-order valence-electron chi connectivity index (χ4n) is 1.66. The molecule has 1 N–H and O–H groups in total. The highest BCUT2D eigenvalue weighted by Gasteiger charge is 1.96. The third-order valence-electron chi connectivity index (χ3n) is 2.76. The second-order valence-corrected chi connectivity index (χ2v) is 4.30. The summed E-state index contributed by atoms with van der Waals surface area (Å²) >= 11 is 5.75. The molecular formula is C15H16ClNO. The van der Waals surface area contributed by atoms with Crippen molar-refractivity contribution < 1.29 is 4.74 Å². The van der Waals surface area contributed by atoms with Crippen molar-refractivity contribution in [2.45, 2.75) is 12.4 Å². The van der Waals surface area contributed by atoms with Gasteiger partial charge in [-0.15, -0.1) is 11.6 Å². The fraction of sp³-hybridized carbons (Fsp3) is 0.200. The predicted molar refractivity (Wildman–Crippen MR) is 76.3 cm³/mol. The van der Waals surface area contributed by atoms with Gasteiger partial charge in [0.25, 0.3) is 0 Å². The maximum absolute atomic E-state index is 5.75. The summed E-state index contributed by atoms with van der Waals surface area (Å²) in [4.78, 5) is 0. The summed E-state index contributed by atoms with van der Waals surface area (Å²) in [5.41, 5.74) is 3.45. The Labute approximate surface area is 113 Å². The monoisotopic (exact) mass is 261 g/mol. The van der Waals surface area contributed by atoms with Crippen molar-refractivity contribution in [3.8, 4) is 5.75 Å². The second kappa shape index (κ2) is 6.31. The molecule has 2 aromatic rings. The highest BCUT2D eigenvalue weighted by Crippen LogP contribution is 2.14. The number of alkyl halides is 1. The average molecular weight is 262 g/mol. The number of hydrogen-bond acceptors (Lipinski definition) is 2. The van der Waals surface area contributed by atoms with E-state index in [4.69, 9.17) is 16.3 Å². The minimum atomic E-state index is 0.554. The second-order valence-electron chi connectivity index (χ2n) is 4.03. The van der Waals surface area contributed by atoms with Gasteiger partial charge >= 0.3 is 0 Å². The van der Waals surface area contributed by atoms with Crippen LogP contribution in [0, 0.1) is 0 Å². The first kappa shape index (κ1) is 12.8. The normalized spacial score (nSPS) is 10.1. The van der Waals surface area contributed by atoms with Gasteiger partial charge in [-0.25, -0.2) is 0 Å². The molecule has 0 aromatic heterocycles. The summed E-state index contributed by atoms with van der Waals surface area (Å²) < 4.78 is 5.12. The van der Waals surface area contributed by atoms with E-state index in [-0.39, 0.29) is 0 Å². The summed E-state index contributed by atoms with van der Waals surface area (Å²) in [7, 11) is 1.67. The molecule has 3 heteroatoms. The van der Waals surface area contributed by atoms with Gasteiger partial charge in [0.15, 0.2) is 0 Å². The minimum Gasteiger partial charge on any atom is -0.497 e. The molecule has 94 valence electrons. The molecule has 0 atom stereocenters. The largest absolute Gasteiger partial charge is 0.497 e. The van der Waals surface area contributed by atoms with Gasteiger partial charge in [0.05, 0.1) is 7.11 Å². The zero-order chi connectivity index (χ0) is 12.8. The van der Waals surface area contributed by atoms with Crippen molar-refractivity contribution in [3.05, 3.63) is 59.7 Å². The first-order valence-electron chi connectivity index (χ1n) is 5.83. The molecule has 0 bridgehead atoms. The van der Waals surface area contributed by atoms with Crippen LogP contribution in [0.4, 0.5) is 5.69 Å². The molecule has 0 saturated carbocycles. The van der Waals surface area contributed by atoms with Crippen molar-refractivity contribution in [2.75, 3.05) is 12.4 Å². The number of benzene rings is 2. The quantitative estimate of drug-likeness (QED) is 0.820. The molecule has 0 aliphatic carbocycles. The molecule has 0 unspecified atom stereocenters. The van der Waals surface area contributed by atoms with Gasteiger partial charge in [0.1, 0.15) is 5.75 Å². The van der Waals surface area contributed by atoms with Crippen LogP contribution in [0.2, 0.25) is 0 Å². The summed E-state index contributed by atoms with van der Waals surface area (Å²) in [5.74, 6) is 1.43. The number of methoxy groups -OCH3 is 1. The third-order valence-corrected chi connectivity index (χ3v) is 3.07. The summed E-state index contributed by atoms with van der Waals surface area (Å²) in [6.07, 6.45) is 0. The Kier molecular flexibility index (Phi) is 4.48. The van der Waals surface area contributed by atoms with Gasteiger partial charge in [-0.1, -0.05) is 24.3 Å². The van der Waals surface area contributed by atoms with E-state index in [1.54, 1.807) is 7.11 Å². The molecule has 0 aliphatic heterocycles. The minimum absolute atomic E-state index is 0.554. The molecule has 0 heterocycles. The molecule has 18 heavy (non-hydrogen) atoms. The lowest BCUT2D eigenvalue weighted by Gasteiger charge is -2.07. The Bertz CT molecular complexity index is 431. The van der Waals surface area contributed by atoms with Gasteiger partial charge in [0.2, 0.25) is 0 Å². The first-order valence-corrected chi connectivity index (χ1v) is 6.37. The van der Waals surface area contributed by atoms with Crippen molar-refractivity contribution >= 4 is 17.3 Å². The van der Waals surface area contributed by atoms with Gasteiger partial charge in [-0.05, 0) is 35.4 Å². The highest BCUT2D eigenvalue weighted by molar-refractivity contribution is 6.17. The lowest BCUT2D eigenvalue weighted by molar-refractivity contribution is 0.414. The standard InChI is InChI=1S/C15H16ClNO/c1-18-15-8-4-13(5-9-15)11-17-14-6-2-12(10-16)3-7-14/h2-9,17H,10-11H2,1H3. The van der Waals surface area contributed by atoms with Gasteiger partial charge in [0, 0.05) is 18.1 Å². The molecule has 2 aromatic carbocycles.